The molecule has 1 amide bonds. The molecule has 0 unspecified atom stereocenters. The van der Waals surface area contributed by atoms with Gasteiger partial charge in [-0.1, -0.05) is 18.2 Å². The van der Waals surface area contributed by atoms with Crippen molar-refractivity contribution in [1.29, 1.82) is 0 Å². The zero-order valence-electron chi connectivity index (χ0n) is 12.4. The van der Waals surface area contributed by atoms with E-state index in [9.17, 15) is 19.3 Å². The van der Waals surface area contributed by atoms with Gasteiger partial charge < -0.3 is 5.32 Å². The number of hydrogen-bond acceptors (Lipinski definition) is 4. The molecular weight excluding hydrogens is 319 g/mol. The first-order valence-corrected chi connectivity index (χ1v) is 7.88. The van der Waals surface area contributed by atoms with Gasteiger partial charge in [-0.15, -0.1) is 11.8 Å². The van der Waals surface area contributed by atoms with Gasteiger partial charge in [0.05, 0.1) is 4.92 Å². The Labute approximate surface area is 137 Å². The highest BCUT2D eigenvalue weighted by Crippen LogP contribution is 2.24. The summed E-state index contributed by atoms with van der Waals surface area (Å²) in [5.41, 5.74) is 0.870. The van der Waals surface area contributed by atoms with Crippen LogP contribution in [0.25, 0.3) is 0 Å². The molecule has 0 saturated carbocycles. The maximum Gasteiger partial charge on any atom is 0.274 e. The zero-order valence-corrected chi connectivity index (χ0v) is 13.2. The van der Waals surface area contributed by atoms with Gasteiger partial charge in [-0.3, -0.25) is 14.9 Å². The SMILES string of the molecule is Cc1ccc(NC(=O)CCSc2ccccc2F)cc1[N+](=O)[O-]. The maximum atomic E-state index is 13.4. The summed E-state index contributed by atoms with van der Waals surface area (Å²) in [6.07, 6.45) is 0.181. The van der Waals surface area contributed by atoms with Gasteiger partial charge in [-0.25, -0.2) is 4.39 Å². The van der Waals surface area contributed by atoms with Crippen LogP contribution in [-0.2, 0) is 4.79 Å². The van der Waals surface area contributed by atoms with Crippen LogP contribution in [0.3, 0.4) is 0 Å². The van der Waals surface area contributed by atoms with Crippen molar-refractivity contribution >= 4 is 29.0 Å². The Morgan fingerprint density at radius 2 is 2.04 bits per heavy atom. The first-order valence-electron chi connectivity index (χ1n) is 6.89. The number of halogens is 1. The van der Waals surface area contributed by atoms with E-state index in [0.29, 0.717) is 21.9 Å². The quantitative estimate of drug-likeness (QED) is 0.489. The molecule has 0 aromatic heterocycles. The minimum Gasteiger partial charge on any atom is -0.326 e. The van der Waals surface area contributed by atoms with Gasteiger partial charge in [0.25, 0.3) is 5.69 Å². The van der Waals surface area contributed by atoms with E-state index in [4.69, 9.17) is 0 Å². The summed E-state index contributed by atoms with van der Waals surface area (Å²) in [5.74, 6) is -0.167. The van der Waals surface area contributed by atoms with Crippen LogP contribution in [0.2, 0.25) is 0 Å². The molecule has 2 rings (SSSR count). The number of carbonyl (C=O) groups is 1. The molecule has 0 bridgehead atoms. The molecule has 0 saturated heterocycles. The number of nitro benzene ring substituents is 1. The van der Waals surface area contributed by atoms with E-state index in [2.05, 4.69) is 5.32 Å². The molecule has 5 nitrogen and oxygen atoms in total. The molecule has 0 radical (unpaired) electrons. The second-order valence-electron chi connectivity index (χ2n) is 4.84. The van der Waals surface area contributed by atoms with Crippen molar-refractivity contribution < 1.29 is 14.1 Å². The van der Waals surface area contributed by atoms with Crippen molar-refractivity contribution in [2.24, 2.45) is 0 Å². The van der Waals surface area contributed by atoms with Crippen LogP contribution in [0.15, 0.2) is 47.4 Å². The summed E-state index contributed by atoms with van der Waals surface area (Å²) in [6, 6.07) is 10.9. The van der Waals surface area contributed by atoms with Crippen LogP contribution >= 0.6 is 11.8 Å². The van der Waals surface area contributed by atoms with E-state index in [1.165, 1.54) is 23.9 Å². The van der Waals surface area contributed by atoms with Gasteiger partial charge in [-0.05, 0) is 25.1 Å². The molecule has 2 aromatic rings. The minimum atomic E-state index is -0.487. The molecule has 0 atom stereocenters. The largest absolute Gasteiger partial charge is 0.326 e. The fraction of sp³-hybridized carbons (Fsp3) is 0.188. The molecule has 7 heteroatoms. The molecule has 0 aliphatic rings. The smallest absolute Gasteiger partial charge is 0.274 e. The predicted molar refractivity (Wildman–Crippen MR) is 88.2 cm³/mol. The van der Waals surface area contributed by atoms with E-state index in [1.54, 1.807) is 37.3 Å². The molecule has 0 fully saturated rings. The van der Waals surface area contributed by atoms with Gasteiger partial charge in [0.2, 0.25) is 5.91 Å². The predicted octanol–water partition coefficient (Wildman–Crippen LogP) is 4.16. The Morgan fingerprint density at radius 1 is 1.30 bits per heavy atom. The van der Waals surface area contributed by atoms with Crippen molar-refractivity contribution in [3.05, 3.63) is 64.0 Å². The minimum absolute atomic E-state index is 0.0384. The topological polar surface area (TPSA) is 72.2 Å². The second-order valence-corrected chi connectivity index (χ2v) is 5.97. The van der Waals surface area contributed by atoms with Gasteiger partial charge in [0.1, 0.15) is 5.82 Å². The lowest BCUT2D eigenvalue weighted by Crippen LogP contribution is -2.12. The molecule has 0 spiro atoms. The molecule has 0 aliphatic carbocycles. The number of nitrogens with one attached hydrogen (secondary N) is 1. The number of rotatable bonds is 6. The lowest BCUT2D eigenvalue weighted by molar-refractivity contribution is -0.385. The average molecular weight is 334 g/mol. The van der Waals surface area contributed by atoms with Crippen molar-refractivity contribution in [3.8, 4) is 0 Å². The molecular formula is C16H15FN2O3S. The highest BCUT2D eigenvalue weighted by molar-refractivity contribution is 7.99. The van der Waals surface area contributed by atoms with Crippen LogP contribution < -0.4 is 5.32 Å². The van der Waals surface area contributed by atoms with Crippen LogP contribution in [0, 0.1) is 22.9 Å². The Morgan fingerprint density at radius 3 is 2.74 bits per heavy atom. The van der Waals surface area contributed by atoms with E-state index < -0.39 is 4.92 Å². The first-order chi connectivity index (χ1) is 11.0. The van der Waals surface area contributed by atoms with Gasteiger partial charge in [0.15, 0.2) is 0 Å². The standard InChI is InChI=1S/C16H15FN2O3S/c1-11-6-7-12(10-14(11)19(21)22)18-16(20)8-9-23-15-5-3-2-4-13(15)17/h2-7,10H,8-9H2,1H3,(H,18,20). The van der Waals surface area contributed by atoms with Crippen LogP contribution in [0.5, 0.6) is 0 Å². The number of anilines is 1. The number of amides is 1. The molecule has 0 heterocycles. The summed E-state index contributed by atoms with van der Waals surface area (Å²) in [5, 5.41) is 13.5. The summed E-state index contributed by atoms with van der Waals surface area (Å²) in [6.45, 7) is 1.63. The number of carbonyl (C=O) groups excluding carboxylic acids is 1. The molecule has 1 N–H and O–H groups in total. The number of nitro groups is 1. The number of hydrogen-bond donors (Lipinski definition) is 1. The number of thioether (sulfide) groups is 1. The third kappa shape index (κ3) is 4.79. The Hall–Kier alpha value is -2.41. The lowest BCUT2D eigenvalue weighted by Gasteiger charge is -2.06. The third-order valence-corrected chi connectivity index (χ3v) is 4.16. The fourth-order valence-corrected chi connectivity index (χ4v) is 2.81. The average Bonchev–Trinajstić information content (AvgIpc) is 2.51. The van der Waals surface area contributed by atoms with Crippen LogP contribution in [0.4, 0.5) is 15.8 Å². The van der Waals surface area contributed by atoms with Crippen molar-refractivity contribution in [1.82, 2.24) is 0 Å². The molecule has 120 valence electrons. The molecule has 23 heavy (non-hydrogen) atoms. The Kier molecular flexibility index (Phi) is 5.70. The second kappa shape index (κ2) is 7.73. The summed E-state index contributed by atoms with van der Waals surface area (Å²) in [7, 11) is 0. The van der Waals surface area contributed by atoms with E-state index in [-0.39, 0.29) is 23.8 Å². The number of nitrogens with zero attached hydrogens (tertiary/aromatic N) is 1. The third-order valence-electron chi connectivity index (χ3n) is 3.11. The highest BCUT2D eigenvalue weighted by atomic mass is 32.2. The van der Waals surface area contributed by atoms with E-state index in [0.717, 1.165) is 0 Å². The number of aryl methyl sites for hydroxylation is 1. The van der Waals surface area contributed by atoms with Crippen LogP contribution in [0.1, 0.15) is 12.0 Å². The fourth-order valence-electron chi connectivity index (χ4n) is 1.92. The lowest BCUT2D eigenvalue weighted by atomic mass is 10.2. The summed E-state index contributed by atoms with van der Waals surface area (Å²) >= 11 is 1.25. The summed E-state index contributed by atoms with van der Waals surface area (Å²) in [4.78, 5) is 22.7. The first kappa shape index (κ1) is 17.0. The van der Waals surface area contributed by atoms with Gasteiger partial charge >= 0.3 is 0 Å². The van der Waals surface area contributed by atoms with Gasteiger partial charge in [-0.2, -0.15) is 0 Å². The van der Waals surface area contributed by atoms with Crippen molar-refractivity contribution in [2.45, 2.75) is 18.2 Å². The van der Waals surface area contributed by atoms with Crippen LogP contribution in [-0.4, -0.2) is 16.6 Å². The van der Waals surface area contributed by atoms with Crippen molar-refractivity contribution in [3.63, 3.8) is 0 Å². The summed E-state index contributed by atoms with van der Waals surface area (Å²) < 4.78 is 13.4. The zero-order chi connectivity index (χ0) is 16.8. The van der Waals surface area contributed by atoms with Crippen molar-refractivity contribution in [2.75, 3.05) is 11.1 Å². The Bertz CT molecular complexity index is 737. The van der Waals surface area contributed by atoms with E-state index >= 15 is 0 Å². The Balaban J connectivity index is 1.89. The van der Waals surface area contributed by atoms with E-state index in [1.807, 2.05) is 0 Å². The van der Waals surface area contributed by atoms with Gasteiger partial charge in [0, 0.05) is 34.4 Å². The number of benzene rings is 2. The molecule has 0 aliphatic heterocycles. The monoisotopic (exact) mass is 334 g/mol. The maximum absolute atomic E-state index is 13.4. The highest BCUT2D eigenvalue weighted by Gasteiger charge is 2.12. The normalized spacial score (nSPS) is 10.3. The molecule has 2 aromatic carbocycles.